The zero-order valence-electron chi connectivity index (χ0n) is 12.5. The van der Waals surface area contributed by atoms with Gasteiger partial charge in [0.05, 0.1) is 11.0 Å². The van der Waals surface area contributed by atoms with Gasteiger partial charge in [-0.2, -0.15) is 9.57 Å². The molecule has 21 heavy (non-hydrogen) atoms. The number of rotatable bonds is 4. The second-order valence-corrected chi connectivity index (χ2v) is 7.33. The van der Waals surface area contributed by atoms with E-state index in [4.69, 9.17) is 5.26 Å². The summed E-state index contributed by atoms with van der Waals surface area (Å²) in [5.41, 5.74) is 1.74. The third kappa shape index (κ3) is 3.62. The van der Waals surface area contributed by atoms with Crippen molar-refractivity contribution >= 4 is 10.0 Å². The van der Waals surface area contributed by atoms with Crippen LogP contribution in [0.1, 0.15) is 17.5 Å². The fourth-order valence-electron chi connectivity index (χ4n) is 2.53. The predicted octanol–water partition coefficient (Wildman–Crippen LogP) is 1.52. The van der Waals surface area contributed by atoms with Crippen LogP contribution in [-0.4, -0.2) is 50.3 Å². The van der Waals surface area contributed by atoms with E-state index in [1.54, 1.807) is 10.4 Å². The lowest BCUT2D eigenvalue weighted by atomic mass is 10.2. The molecule has 0 unspecified atom stereocenters. The Morgan fingerprint density at radius 3 is 2.48 bits per heavy atom. The molecule has 6 heteroatoms. The van der Waals surface area contributed by atoms with Crippen molar-refractivity contribution in [3.63, 3.8) is 0 Å². The maximum atomic E-state index is 12.7. The average molecular weight is 307 g/mol. The van der Waals surface area contributed by atoms with Gasteiger partial charge in [-0.3, -0.25) is 4.90 Å². The van der Waals surface area contributed by atoms with Crippen LogP contribution in [0.4, 0.5) is 0 Å². The highest BCUT2D eigenvalue weighted by Gasteiger charge is 2.29. The van der Waals surface area contributed by atoms with Crippen molar-refractivity contribution in [3.8, 4) is 6.07 Å². The molecule has 1 aliphatic rings. The van der Waals surface area contributed by atoms with Gasteiger partial charge < -0.3 is 0 Å². The zero-order chi connectivity index (χ0) is 15.5. The largest absolute Gasteiger partial charge is 0.300 e. The molecular weight excluding hydrogens is 286 g/mol. The molecule has 1 fully saturated rings. The van der Waals surface area contributed by atoms with Crippen molar-refractivity contribution in [1.29, 1.82) is 5.26 Å². The molecule has 1 saturated heterocycles. The number of benzene rings is 1. The van der Waals surface area contributed by atoms with Gasteiger partial charge in [0.15, 0.2) is 0 Å². The fourth-order valence-corrected chi connectivity index (χ4v) is 4.26. The summed E-state index contributed by atoms with van der Waals surface area (Å²) in [5, 5.41) is 8.60. The van der Waals surface area contributed by atoms with Crippen LogP contribution >= 0.6 is 0 Å². The van der Waals surface area contributed by atoms with Crippen LogP contribution in [0.15, 0.2) is 23.1 Å². The molecule has 114 valence electrons. The average Bonchev–Trinajstić information content (AvgIpc) is 2.48. The third-order valence-electron chi connectivity index (χ3n) is 3.83. The Kier molecular flexibility index (Phi) is 4.99. The van der Waals surface area contributed by atoms with Gasteiger partial charge in [-0.15, -0.1) is 0 Å². The first-order valence-corrected chi connectivity index (χ1v) is 8.56. The Balaban J connectivity index is 2.12. The summed E-state index contributed by atoms with van der Waals surface area (Å²) >= 11 is 0. The van der Waals surface area contributed by atoms with E-state index in [1.165, 1.54) is 0 Å². The summed E-state index contributed by atoms with van der Waals surface area (Å²) in [6.07, 6.45) is 0.490. The van der Waals surface area contributed by atoms with Crippen molar-refractivity contribution in [2.75, 3.05) is 32.7 Å². The summed E-state index contributed by atoms with van der Waals surface area (Å²) in [5.74, 6) is 0. The van der Waals surface area contributed by atoms with Gasteiger partial charge in [0.2, 0.25) is 10.0 Å². The molecule has 1 aromatic rings. The Hall–Kier alpha value is -1.42. The number of hydrogen-bond donors (Lipinski definition) is 0. The Morgan fingerprint density at radius 2 is 1.86 bits per heavy atom. The minimum atomic E-state index is -3.42. The Bertz CT molecular complexity index is 641. The van der Waals surface area contributed by atoms with Gasteiger partial charge >= 0.3 is 0 Å². The molecule has 0 N–H and O–H groups in total. The Morgan fingerprint density at radius 1 is 1.19 bits per heavy atom. The first-order valence-electron chi connectivity index (χ1n) is 7.12. The highest BCUT2D eigenvalue weighted by atomic mass is 32.2. The number of hydrogen-bond acceptors (Lipinski definition) is 4. The number of nitrogens with zero attached hydrogens (tertiary/aromatic N) is 3. The van der Waals surface area contributed by atoms with Gasteiger partial charge in [-0.1, -0.05) is 12.1 Å². The second-order valence-electron chi connectivity index (χ2n) is 5.42. The SMILES string of the molecule is Cc1ccc(C)c(S(=O)(=O)N2CCN(CCC#N)CC2)c1. The molecule has 0 radical (unpaired) electrons. The lowest BCUT2D eigenvalue weighted by molar-refractivity contribution is 0.191. The molecule has 1 heterocycles. The van der Waals surface area contributed by atoms with E-state index in [-0.39, 0.29) is 0 Å². The van der Waals surface area contributed by atoms with Gasteiger partial charge in [-0.25, -0.2) is 8.42 Å². The third-order valence-corrected chi connectivity index (χ3v) is 5.87. The van der Waals surface area contributed by atoms with Crippen molar-refractivity contribution in [2.24, 2.45) is 0 Å². The van der Waals surface area contributed by atoms with Gasteiger partial charge in [0.1, 0.15) is 0 Å². The van der Waals surface area contributed by atoms with Crippen LogP contribution in [0, 0.1) is 25.2 Å². The van der Waals surface area contributed by atoms with Crippen molar-refractivity contribution < 1.29 is 8.42 Å². The minimum Gasteiger partial charge on any atom is -0.300 e. The summed E-state index contributed by atoms with van der Waals surface area (Å²) in [6.45, 7) is 6.79. The smallest absolute Gasteiger partial charge is 0.243 e. The molecule has 0 aromatic heterocycles. The Labute approximate surface area is 126 Å². The molecule has 0 atom stereocenters. The molecule has 0 amide bonds. The normalized spacial score (nSPS) is 17.6. The highest BCUT2D eigenvalue weighted by molar-refractivity contribution is 7.89. The van der Waals surface area contributed by atoms with E-state index in [2.05, 4.69) is 11.0 Å². The number of piperazine rings is 1. The topological polar surface area (TPSA) is 64.4 Å². The molecule has 0 bridgehead atoms. The van der Waals surface area contributed by atoms with Crippen LogP contribution in [0.2, 0.25) is 0 Å². The molecule has 1 aromatic carbocycles. The summed E-state index contributed by atoms with van der Waals surface area (Å²) in [7, 11) is -3.42. The van der Waals surface area contributed by atoms with E-state index >= 15 is 0 Å². The monoisotopic (exact) mass is 307 g/mol. The molecule has 0 aliphatic carbocycles. The molecular formula is C15H21N3O2S. The van der Waals surface area contributed by atoms with Crippen molar-refractivity contribution in [1.82, 2.24) is 9.21 Å². The van der Waals surface area contributed by atoms with Crippen molar-refractivity contribution in [2.45, 2.75) is 25.2 Å². The molecule has 0 spiro atoms. The number of nitriles is 1. The lowest BCUT2D eigenvalue weighted by Gasteiger charge is -2.33. The van der Waals surface area contributed by atoms with Crippen LogP contribution in [-0.2, 0) is 10.0 Å². The minimum absolute atomic E-state index is 0.410. The van der Waals surface area contributed by atoms with E-state index in [0.29, 0.717) is 44.0 Å². The lowest BCUT2D eigenvalue weighted by Crippen LogP contribution is -2.48. The van der Waals surface area contributed by atoms with Crippen LogP contribution in [0.25, 0.3) is 0 Å². The maximum absolute atomic E-state index is 12.7. The van der Waals surface area contributed by atoms with Crippen LogP contribution in [0.3, 0.4) is 0 Å². The van der Waals surface area contributed by atoms with Gasteiger partial charge in [-0.05, 0) is 31.0 Å². The second kappa shape index (κ2) is 6.56. The summed E-state index contributed by atoms with van der Waals surface area (Å²) in [4.78, 5) is 2.55. The number of aryl methyl sites for hydroxylation is 2. The molecule has 2 rings (SSSR count). The molecule has 5 nitrogen and oxygen atoms in total. The van der Waals surface area contributed by atoms with Crippen molar-refractivity contribution in [3.05, 3.63) is 29.3 Å². The predicted molar refractivity (Wildman–Crippen MR) is 81.3 cm³/mol. The van der Waals surface area contributed by atoms with E-state index < -0.39 is 10.0 Å². The quantitative estimate of drug-likeness (QED) is 0.846. The van der Waals surface area contributed by atoms with Gasteiger partial charge in [0.25, 0.3) is 0 Å². The summed E-state index contributed by atoms with van der Waals surface area (Å²) < 4.78 is 27.0. The molecule has 1 aliphatic heterocycles. The first-order chi connectivity index (χ1) is 9.95. The van der Waals surface area contributed by atoms with E-state index in [9.17, 15) is 8.42 Å². The fraction of sp³-hybridized carbons (Fsp3) is 0.533. The van der Waals surface area contributed by atoms with E-state index in [0.717, 1.165) is 11.1 Å². The van der Waals surface area contributed by atoms with E-state index in [1.807, 2.05) is 26.0 Å². The maximum Gasteiger partial charge on any atom is 0.243 e. The summed E-state index contributed by atoms with van der Waals surface area (Å²) in [6, 6.07) is 7.64. The highest BCUT2D eigenvalue weighted by Crippen LogP contribution is 2.22. The zero-order valence-corrected chi connectivity index (χ0v) is 13.4. The first kappa shape index (κ1) is 16.0. The van der Waals surface area contributed by atoms with Crippen LogP contribution < -0.4 is 0 Å². The standard InChI is InChI=1S/C15H21N3O2S/c1-13-4-5-14(2)15(12-13)21(19,20)18-10-8-17(9-11-18)7-3-6-16/h4-5,12H,3,7-11H2,1-2H3. The number of sulfonamides is 1. The van der Waals surface area contributed by atoms with Gasteiger partial charge in [0, 0.05) is 39.1 Å². The molecule has 0 saturated carbocycles. The van der Waals surface area contributed by atoms with Crippen LogP contribution in [0.5, 0.6) is 0 Å².